The maximum atomic E-state index is 5.90. The molecule has 3 N–H and O–H groups in total. The number of hydrogen-bond donors (Lipinski definition) is 2. The van der Waals surface area contributed by atoms with Crippen molar-refractivity contribution in [2.24, 2.45) is 5.73 Å². The summed E-state index contributed by atoms with van der Waals surface area (Å²) in [5.41, 5.74) is 6.01. The molecule has 1 fully saturated rings. The minimum Gasteiger partial charge on any atom is -0.325 e. The summed E-state index contributed by atoms with van der Waals surface area (Å²) in [6.07, 6.45) is 3.53. The van der Waals surface area contributed by atoms with Crippen LogP contribution in [0.3, 0.4) is 0 Å². The van der Waals surface area contributed by atoms with E-state index < -0.39 is 0 Å². The molecule has 0 aromatic heterocycles. The van der Waals surface area contributed by atoms with Crippen molar-refractivity contribution in [3.63, 3.8) is 0 Å². The summed E-state index contributed by atoms with van der Waals surface area (Å²) in [5.74, 6) is 0. The molecule has 0 aromatic rings. The predicted molar refractivity (Wildman–Crippen MR) is 39.3 cm³/mol. The lowest BCUT2D eigenvalue weighted by atomic mass is 10.0. The topological polar surface area (TPSA) is 38.0 Å². The van der Waals surface area contributed by atoms with Crippen molar-refractivity contribution >= 4 is 0 Å². The smallest absolute Gasteiger partial charge is 0.0141 e. The van der Waals surface area contributed by atoms with Gasteiger partial charge < -0.3 is 11.1 Å². The van der Waals surface area contributed by atoms with E-state index in [1.165, 1.54) is 12.8 Å². The molecule has 1 saturated carbocycles. The summed E-state index contributed by atoms with van der Waals surface area (Å²) in [5, 5.41) is 3.24. The number of nitrogens with one attached hydrogen (secondary N) is 1. The van der Waals surface area contributed by atoms with Crippen LogP contribution in [0.4, 0.5) is 0 Å². The minimum absolute atomic E-state index is 0.105. The Morgan fingerprint density at radius 3 is 2.56 bits per heavy atom. The molecule has 0 aliphatic heterocycles. The van der Waals surface area contributed by atoms with Crippen molar-refractivity contribution < 1.29 is 0 Å². The Morgan fingerprint density at radius 2 is 2.33 bits per heavy atom. The molecule has 0 spiro atoms. The van der Waals surface area contributed by atoms with Crippen LogP contribution in [0.1, 0.15) is 26.2 Å². The Kier molecular flexibility index (Phi) is 1.78. The highest BCUT2D eigenvalue weighted by Crippen LogP contribution is 2.26. The van der Waals surface area contributed by atoms with Crippen LogP contribution in [0.2, 0.25) is 0 Å². The monoisotopic (exact) mass is 128 g/mol. The minimum atomic E-state index is 0.105. The summed E-state index contributed by atoms with van der Waals surface area (Å²) in [6, 6.07) is 0.667. The molecule has 0 aromatic carbocycles. The molecule has 1 rings (SSSR count). The van der Waals surface area contributed by atoms with Gasteiger partial charge in [0.1, 0.15) is 0 Å². The molecule has 2 nitrogen and oxygen atoms in total. The maximum absolute atomic E-state index is 5.90. The van der Waals surface area contributed by atoms with Crippen LogP contribution in [0.5, 0.6) is 0 Å². The fourth-order valence-electron chi connectivity index (χ4n) is 1.52. The van der Waals surface area contributed by atoms with Gasteiger partial charge in [-0.2, -0.15) is 0 Å². The van der Waals surface area contributed by atoms with Crippen molar-refractivity contribution in [3.8, 4) is 0 Å². The van der Waals surface area contributed by atoms with E-state index in [0.717, 1.165) is 6.42 Å². The summed E-state index contributed by atoms with van der Waals surface area (Å²) in [6.45, 7) is 2.13. The maximum Gasteiger partial charge on any atom is 0.0141 e. The standard InChI is InChI=1S/C7H16N2/c1-7(8)4-3-6(5-7)9-2/h6,9H,3-5,8H2,1-2H3/t6-,7+/m0/s1. The molecule has 0 heterocycles. The normalized spacial score (nSPS) is 43.7. The lowest BCUT2D eigenvalue weighted by Gasteiger charge is -2.16. The fourth-order valence-corrected chi connectivity index (χ4v) is 1.52. The van der Waals surface area contributed by atoms with Crippen LogP contribution in [-0.4, -0.2) is 18.6 Å². The first-order valence-electron chi connectivity index (χ1n) is 3.60. The SMILES string of the molecule is CN[C@H]1CC[C@@](C)(N)C1. The molecule has 0 saturated heterocycles. The second-order valence-corrected chi connectivity index (χ2v) is 3.38. The highest BCUT2D eigenvalue weighted by molar-refractivity contribution is 4.92. The summed E-state index contributed by atoms with van der Waals surface area (Å²) in [4.78, 5) is 0. The average Bonchev–Trinajstić information content (AvgIpc) is 2.10. The van der Waals surface area contributed by atoms with E-state index in [-0.39, 0.29) is 5.54 Å². The third-order valence-electron chi connectivity index (χ3n) is 2.18. The Labute approximate surface area is 56.8 Å². The van der Waals surface area contributed by atoms with Crippen molar-refractivity contribution in [2.45, 2.75) is 37.8 Å². The first-order valence-corrected chi connectivity index (χ1v) is 3.60. The van der Waals surface area contributed by atoms with E-state index in [9.17, 15) is 0 Å². The molecular formula is C7H16N2. The Morgan fingerprint density at radius 1 is 1.67 bits per heavy atom. The third kappa shape index (κ3) is 1.66. The van der Waals surface area contributed by atoms with E-state index in [1.54, 1.807) is 0 Å². The van der Waals surface area contributed by atoms with Crippen molar-refractivity contribution in [3.05, 3.63) is 0 Å². The largest absolute Gasteiger partial charge is 0.325 e. The summed E-state index contributed by atoms with van der Waals surface area (Å²) >= 11 is 0. The van der Waals surface area contributed by atoms with Gasteiger partial charge in [0.25, 0.3) is 0 Å². The molecule has 0 radical (unpaired) electrons. The first kappa shape index (κ1) is 7.03. The Balaban J connectivity index is 2.38. The molecule has 9 heavy (non-hydrogen) atoms. The zero-order valence-corrected chi connectivity index (χ0v) is 6.28. The quantitative estimate of drug-likeness (QED) is 0.539. The molecule has 0 bridgehead atoms. The van der Waals surface area contributed by atoms with Crippen molar-refractivity contribution in [2.75, 3.05) is 7.05 Å². The van der Waals surface area contributed by atoms with Crippen LogP contribution >= 0.6 is 0 Å². The lowest BCUT2D eigenvalue weighted by molar-refractivity contribution is 0.464. The molecule has 54 valence electrons. The third-order valence-corrected chi connectivity index (χ3v) is 2.18. The van der Waals surface area contributed by atoms with Gasteiger partial charge in [-0.25, -0.2) is 0 Å². The zero-order valence-electron chi connectivity index (χ0n) is 6.28. The molecular weight excluding hydrogens is 112 g/mol. The average molecular weight is 128 g/mol. The van der Waals surface area contributed by atoms with Crippen LogP contribution in [0.15, 0.2) is 0 Å². The molecule has 0 amide bonds. The Bertz CT molecular complexity index is 99.1. The number of rotatable bonds is 1. The predicted octanol–water partition coefficient (Wildman–Crippen LogP) is 0.476. The van der Waals surface area contributed by atoms with Gasteiger partial charge in [0.05, 0.1) is 0 Å². The lowest BCUT2D eigenvalue weighted by Crippen LogP contribution is -2.35. The van der Waals surface area contributed by atoms with Gasteiger partial charge in [-0.15, -0.1) is 0 Å². The molecule has 1 aliphatic rings. The van der Waals surface area contributed by atoms with Gasteiger partial charge in [-0.3, -0.25) is 0 Å². The van der Waals surface area contributed by atoms with Crippen molar-refractivity contribution in [1.82, 2.24) is 5.32 Å². The highest BCUT2D eigenvalue weighted by Gasteiger charge is 2.29. The van der Waals surface area contributed by atoms with E-state index in [0.29, 0.717) is 6.04 Å². The summed E-state index contributed by atoms with van der Waals surface area (Å²) in [7, 11) is 2.01. The number of hydrogen-bond acceptors (Lipinski definition) is 2. The van der Waals surface area contributed by atoms with Crippen LogP contribution < -0.4 is 11.1 Å². The second kappa shape index (κ2) is 2.27. The highest BCUT2D eigenvalue weighted by atomic mass is 14.9. The van der Waals surface area contributed by atoms with E-state index in [2.05, 4.69) is 12.2 Å². The summed E-state index contributed by atoms with van der Waals surface area (Å²) < 4.78 is 0. The van der Waals surface area contributed by atoms with Crippen LogP contribution in [-0.2, 0) is 0 Å². The van der Waals surface area contributed by atoms with Gasteiger partial charge >= 0.3 is 0 Å². The molecule has 2 atom stereocenters. The fraction of sp³-hybridized carbons (Fsp3) is 1.00. The van der Waals surface area contributed by atoms with Gasteiger partial charge in [0, 0.05) is 11.6 Å². The number of nitrogens with two attached hydrogens (primary N) is 1. The van der Waals surface area contributed by atoms with Gasteiger partial charge in [-0.1, -0.05) is 0 Å². The van der Waals surface area contributed by atoms with E-state index in [1.807, 2.05) is 7.05 Å². The van der Waals surface area contributed by atoms with Gasteiger partial charge in [0.15, 0.2) is 0 Å². The second-order valence-electron chi connectivity index (χ2n) is 3.38. The first-order chi connectivity index (χ1) is 4.14. The van der Waals surface area contributed by atoms with Gasteiger partial charge in [-0.05, 0) is 33.2 Å². The molecule has 0 unspecified atom stereocenters. The molecule has 2 heteroatoms. The van der Waals surface area contributed by atoms with Crippen molar-refractivity contribution in [1.29, 1.82) is 0 Å². The van der Waals surface area contributed by atoms with Crippen LogP contribution in [0.25, 0.3) is 0 Å². The van der Waals surface area contributed by atoms with Gasteiger partial charge in [0.2, 0.25) is 0 Å². The molecule has 1 aliphatic carbocycles. The zero-order chi connectivity index (χ0) is 6.91. The Hall–Kier alpha value is -0.0800. The van der Waals surface area contributed by atoms with E-state index in [4.69, 9.17) is 5.73 Å². The van der Waals surface area contributed by atoms with E-state index >= 15 is 0 Å². The van der Waals surface area contributed by atoms with Crippen LogP contribution in [0, 0.1) is 0 Å².